The van der Waals surface area contributed by atoms with Gasteiger partial charge in [-0.2, -0.15) is 0 Å². The summed E-state index contributed by atoms with van der Waals surface area (Å²) in [7, 11) is 1.50. The Balaban J connectivity index is 0.000000531. The standard InChI is InChI=1S/C9H13NO2S.CH5N/c1-6(11)7-5-13-9-4-2-3-8(12)10(7)9;1-2/h7,9H,2-5H2,1H3;2H2,1H3. The topological polar surface area (TPSA) is 63.4 Å². The first-order valence-corrected chi connectivity index (χ1v) is 6.26. The van der Waals surface area contributed by atoms with Crippen molar-refractivity contribution in [1.82, 2.24) is 4.90 Å². The highest BCUT2D eigenvalue weighted by molar-refractivity contribution is 8.00. The van der Waals surface area contributed by atoms with Crippen molar-refractivity contribution in [3.05, 3.63) is 0 Å². The summed E-state index contributed by atoms with van der Waals surface area (Å²) in [4.78, 5) is 24.6. The van der Waals surface area contributed by atoms with Gasteiger partial charge in [-0.15, -0.1) is 11.8 Å². The van der Waals surface area contributed by atoms with Crippen LogP contribution in [-0.2, 0) is 9.59 Å². The van der Waals surface area contributed by atoms with Crippen molar-refractivity contribution in [1.29, 1.82) is 0 Å². The van der Waals surface area contributed by atoms with E-state index in [2.05, 4.69) is 5.73 Å². The van der Waals surface area contributed by atoms with E-state index in [1.165, 1.54) is 7.05 Å². The molecule has 2 fully saturated rings. The molecule has 0 spiro atoms. The Hall–Kier alpha value is -0.550. The van der Waals surface area contributed by atoms with Crippen LogP contribution in [0.15, 0.2) is 0 Å². The Morgan fingerprint density at radius 1 is 1.53 bits per heavy atom. The number of Topliss-reactive ketones (excluding diaryl/α,β-unsaturated/α-hetero) is 1. The summed E-state index contributed by atoms with van der Waals surface area (Å²) >= 11 is 1.75. The van der Waals surface area contributed by atoms with Gasteiger partial charge in [-0.05, 0) is 26.8 Å². The van der Waals surface area contributed by atoms with Crippen LogP contribution in [0, 0.1) is 0 Å². The summed E-state index contributed by atoms with van der Waals surface area (Å²) in [5.41, 5.74) is 4.50. The Kier molecular flexibility index (Phi) is 4.60. The Bertz CT molecular complexity index is 258. The summed E-state index contributed by atoms with van der Waals surface area (Å²) in [5, 5.41) is 0.287. The van der Waals surface area contributed by atoms with E-state index in [0.29, 0.717) is 6.42 Å². The molecule has 2 unspecified atom stereocenters. The van der Waals surface area contributed by atoms with Gasteiger partial charge in [0.1, 0.15) is 6.04 Å². The van der Waals surface area contributed by atoms with Crippen LogP contribution < -0.4 is 5.73 Å². The molecule has 2 atom stereocenters. The van der Waals surface area contributed by atoms with Crippen molar-refractivity contribution >= 4 is 23.5 Å². The number of nitrogens with two attached hydrogens (primary N) is 1. The smallest absolute Gasteiger partial charge is 0.224 e. The van der Waals surface area contributed by atoms with Gasteiger partial charge in [-0.25, -0.2) is 0 Å². The van der Waals surface area contributed by atoms with Crippen LogP contribution in [0.5, 0.6) is 0 Å². The molecule has 0 aromatic carbocycles. The number of rotatable bonds is 1. The summed E-state index contributed by atoms with van der Waals surface area (Å²) < 4.78 is 0. The zero-order valence-electron chi connectivity index (χ0n) is 9.23. The lowest BCUT2D eigenvalue weighted by molar-refractivity contribution is -0.140. The van der Waals surface area contributed by atoms with E-state index in [0.717, 1.165) is 18.6 Å². The van der Waals surface area contributed by atoms with Crippen LogP contribution in [0.25, 0.3) is 0 Å². The summed E-state index contributed by atoms with van der Waals surface area (Å²) in [6.07, 6.45) is 2.67. The van der Waals surface area contributed by atoms with Gasteiger partial charge in [0.2, 0.25) is 5.91 Å². The zero-order chi connectivity index (χ0) is 11.4. The van der Waals surface area contributed by atoms with Gasteiger partial charge in [0.25, 0.3) is 0 Å². The third kappa shape index (κ3) is 2.52. The minimum atomic E-state index is -0.136. The normalized spacial score (nSPS) is 29.3. The van der Waals surface area contributed by atoms with Gasteiger partial charge >= 0.3 is 0 Å². The molecule has 2 aliphatic rings. The maximum Gasteiger partial charge on any atom is 0.224 e. The largest absolute Gasteiger partial charge is 0.333 e. The van der Waals surface area contributed by atoms with E-state index >= 15 is 0 Å². The van der Waals surface area contributed by atoms with Crippen LogP contribution in [-0.4, -0.2) is 40.8 Å². The fourth-order valence-electron chi connectivity index (χ4n) is 1.99. The van der Waals surface area contributed by atoms with Crippen molar-refractivity contribution in [3.63, 3.8) is 0 Å². The average Bonchev–Trinajstić information content (AvgIpc) is 2.66. The number of nitrogens with zero attached hydrogens (tertiary/aromatic N) is 1. The number of hydrogen-bond donors (Lipinski definition) is 1. The molecule has 0 aliphatic carbocycles. The molecule has 5 heteroatoms. The van der Waals surface area contributed by atoms with Crippen molar-refractivity contribution < 1.29 is 9.59 Å². The number of ketones is 1. The molecule has 2 aliphatic heterocycles. The number of fused-ring (bicyclic) bond motifs is 1. The molecule has 4 nitrogen and oxygen atoms in total. The lowest BCUT2D eigenvalue weighted by atomic mass is 10.1. The predicted molar refractivity (Wildman–Crippen MR) is 61.5 cm³/mol. The third-order valence-corrected chi connectivity index (χ3v) is 4.05. The average molecular weight is 230 g/mol. The molecule has 0 bridgehead atoms. The predicted octanol–water partition coefficient (Wildman–Crippen LogP) is 0.604. The molecule has 2 heterocycles. The number of amides is 1. The van der Waals surface area contributed by atoms with Crippen molar-refractivity contribution in [2.45, 2.75) is 37.6 Å². The Morgan fingerprint density at radius 2 is 2.20 bits per heavy atom. The van der Waals surface area contributed by atoms with Gasteiger partial charge in [0, 0.05) is 12.2 Å². The quantitative estimate of drug-likeness (QED) is 0.716. The fourth-order valence-corrected chi connectivity index (χ4v) is 3.55. The highest BCUT2D eigenvalue weighted by Crippen LogP contribution is 2.36. The van der Waals surface area contributed by atoms with Gasteiger partial charge in [-0.3, -0.25) is 9.59 Å². The van der Waals surface area contributed by atoms with E-state index in [9.17, 15) is 9.59 Å². The lowest BCUT2D eigenvalue weighted by Crippen LogP contribution is -2.46. The number of carbonyl (C=O) groups is 2. The minimum Gasteiger partial charge on any atom is -0.333 e. The molecule has 2 saturated heterocycles. The summed E-state index contributed by atoms with van der Waals surface area (Å²) in [6, 6.07) is -0.136. The van der Waals surface area contributed by atoms with Crippen LogP contribution in [0.1, 0.15) is 26.2 Å². The van der Waals surface area contributed by atoms with Gasteiger partial charge in [0.15, 0.2) is 5.78 Å². The molecular formula is C10H18N2O2S. The highest BCUT2D eigenvalue weighted by Gasteiger charge is 2.41. The first-order chi connectivity index (χ1) is 7.20. The number of piperidine rings is 1. The van der Waals surface area contributed by atoms with E-state index in [-0.39, 0.29) is 23.1 Å². The molecular weight excluding hydrogens is 212 g/mol. The van der Waals surface area contributed by atoms with Crippen molar-refractivity contribution in [2.75, 3.05) is 12.8 Å². The van der Waals surface area contributed by atoms with Crippen LogP contribution in [0.2, 0.25) is 0 Å². The van der Waals surface area contributed by atoms with Crippen LogP contribution in [0.3, 0.4) is 0 Å². The van der Waals surface area contributed by atoms with Crippen LogP contribution >= 0.6 is 11.8 Å². The second-order valence-corrected chi connectivity index (χ2v) is 4.82. The van der Waals surface area contributed by atoms with Gasteiger partial charge < -0.3 is 10.6 Å². The van der Waals surface area contributed by atoms with Crippen LogP contribution in [0.4, 0.5) is 0 Å². The molecule has 2 rings (SSSR count). The monoisotopic (exact) mass is 230 g/mol. The van der Waals surface area contributed by atoms with E-state index in [1.54, 1.807) is 23.6 Å². The van der Waals surface area contributed by atoms with Gasteiger partial charge in [0.05, 0.1) is 5.37 Å². The summed E-state index contributed by atoms with van der Waals surface area (Å²) in [6.45, 7) is 1.58. The molecule has 0 radical (unpaired) electrons. The van der Waals surface area contributed by atoms with E-state index in [4.69, 9.17) is 0 Å². The molecule has 15 heavy (non-hydrogen) atoms. The maximum atomic E-state index is 11.6. The number of carbonyl (C=O) groups excluding carboxylic acids is 2. The van der Waals surface area contributed by atoms with Crippen molar-refractivity contribution in [3.8, 4) is 0 Å². The zero-order valence-corrected chi connectivity index (χ0v) is 10.0. The molecule has 0 aromatic rings. The molecule has 0 aromatic heterocycles. The van der Waals surface area contributed by atoms with Gasteiger partial charge in [-0.1, -0.05) is 0 Å². The van der Waals surface area contributed by atoms with Crippen molar-refractivity contribution in [2.24, 2.45) is 5.73 Å². The first-order valence-electron chi connectivity index (χ1n) is 5.21. The Morgan fingerprint density at radius 3 is 2.80 bits per heavy atom. The summed E-state index contributed by atoms with van der Waals surface area (Å²) in [5.74, 6) is 1.10. The molecule has 1 amide bonds. The Labute approximate surface area is 94.6 Å². The first kappa shape index (κ1) is 12.5. The fraction of sp³-hybridized carbons (Fsp3) is 0.800. The molecule has 2 N–H and O–H groups in total. The second-order valence-electron chi connectivity index (χ2n) is 3.61. The van der Waals surface area contributed by atoms with E-state index in [1.807, 2.05) is 0 Å². The lowest BCUT2D eigenvalue weighted by Gasteiger charge is -2.31. The second kappa shape index (κ2) is 5.51. The number of hydrogen-bond acceptors (Lipinski definition) is 4. The number of thioether (sulfide) groups is 1. The maximum absolute atomic E-state index is 11.6. The molecule has 0 saturated carbocycles. The minimum absolute atomic E-state index is 0.130. The molecule has 86 valence electrons. The SMILES string of the molecule is CC(=O)C1CSC2CCCC(=O)N21.CN. The van der Waals surface area contributed by atoms with E-state index < -0.39 is 0 Å². The highest BCUT2D eigenvalue weighted by atomic mass is 32.2. The third-order valence-electron chi connectivity index (χ3n) is 2.69.